The number of halogens is 3. The molecule has 0 heterocycles. The van der Waals surface area contributed by atoms with Crippen molar-refractivity contribution >= 4 is 40.1 Å². The van der Waals surface area contributed by atoms with E-state index in [4.69, 9.17) is 11.6 Å². The van der Waals surface area contributed by atoms with Crippen molar-refractivity contribution in [3.63, 3.8) is 0 Å². The van der Waals surface area contributed by atoms with E-state index in [9.17, 15) is 9.18 Å². The number of carbonyl (C=O) groups excluding carboxylic acids is 1. The Bertz CT molecular complexity index is 437. The molecule has 5 heteroatoms. The van der Waals surface area contributed by atoms with Gasteiger partial charge in [-0.15, -0.1) is 11.6 Å². The molecule has 1 saturated carbocycles. The van der Waals surface area contributed by atoms with Crippen LogP contribution in [0.3, 0.4) is 0 Å². The van der Waals surface area contributed by atoms with Gasteiger partial charge >= 0.3 is 0 Å². The third-order valence-corrected chi connectivity index (χ3v) is 4.17. The molecule has 0 saturated heterocycles. The summed E-state index contributed by atoms with van der Waals surface area (Å²) in [7, 11) is 0. The first kappa shape index (κ1) is 13.1. The summed E-state index contributed by atoms with van der Waals surface area (Å²) < 4.78 is 13.5. The van der Waals surface area contributed by atoms with Crippen LogP contribution in [0.15, 0.2) is 18.2 Å². The minimum absolute atomic E-state index is 0.0112. The van der Waals surface area contributed by atoms with Gasteiger partial charge in [-0.2, -0.15) is 0 Å². The highest BCUT2D eigenvalue weighted by molar-refractivity contribution is 14.1. The van der Waals surface area contributed by atoms with Gasteiger partial charge in [0, 0.05) is 10.1 Å². The molecule has 0 bridgehead atoms. The van der Waals surface area contributed by atoms with Gasteiger partial charge in [0.2, 0.25) is 0 Å². The lowest BCUT2D eigenvalue weighted by atomic mass is 10.2. The Morgan fingerprint density at radius 3 is 2.88 bits per heavy atom. The van der Waals surface area contributed by atoms with E-state index in [2.05, 4.69) is 5.32 Å². The number of carbonyl (C=O) groups is 1. The van der Waals surface area contributed by atoms with Gasteiger partial charge in [-0.25, -0.2) is 4.39 Å². The van der Waals surface area contributed by atoms with Gasteiger partial charge < -0.3 is 5.32 Å². The number of rotatable bonds is 4. The normalized spacial score (nSPS) is 16.6. The van der Waals surface area contributed by atoms with Crippen LogP contribution in [-0.2, 0) is 0 Å². The van der Waals surface area contributed by atoms with Crippen LogP contribution in [0.5, 0.6) is 0 Å². The van der Waals surface area contributed by atoms with Crippen LogP contribution in [0, 0.1) is 15.3 Å². The third-order valence-electron chi connectivity index (χ3n) is 2.77. The smallest absolute Gasteiger partial charge is 0.252 e. The van der Waals surface area contributed by atoms with E-state index >= 15 is 0 Å². The molecule has 1 aliphatic rings. The van der Waals surface area contributed by atoms with E-state index < -0.39 is 0 Å². The monoisotopic (exact) mass is 367 g/mol. The molecule has 17 heavy (non-hydrogen) atoms. The molecule has 2 nitrogen and oxygen atoms in total. The summed E-state index contributed by atoms with van der Waals surface area (Å²) in [6.07, 6.45) is 2.30. The molecule has 1 fully saturated rings. The Morgan fingerprint density at radius 1 is 1.59 bits per heavy atom. The zero-order valence-electron chi connectivity index (χ0n) is 9.05. The molecule has 1 atom stereocenters. The molecule has 0 radical (unpaired) electrons. The molecule has 0 aromatic heterocycles. The Balaban J connectivity index is 1.94. The van der Waals surface area contributed by atoms with Crippen molar-refractivity contribution in [2.45, 2.75) is 18.2 Å². The maximum absolute atomic E-state index is 12.9. The molecule has 92 valence electrons. The quantitative estimate of drug-likeness (QED) is 0.643. The Morgan fingerprint density at radius 2 is 2.29 bits per heavy atom. The topological polar surface area (TPSA) is 29.1 Å². The number of hydrogen-bond acceptors (Lipinski definition) is 1. The number of benzene rings is 1. The lowest BCUT2D eigenvalue weighted by Gasteiger charge is -2.10. The van der Waals surface area contributed by atoms with Gasteiger partial charge in [0.1, 0.15) is 5.82 Å². The Labute approximate surface area is 118 Å². The second-order valence-corrected chi connectivity index (χ2v) is 5.91. The fraction of sp³-hybridized carbons (Fsp3) is 0.417. The second-order valence-electron chi connectivity index (χ2n) is 4.19. The summed E-state index contributed by atoms with van der Waals surface area (Å²) in [6, 6.07) is 4.12. The molecule has 1 unspecified atom stereocenters. The first-order valence-corrected chi connectivity index (χ1v) is 6.97. The number of hydrogen-bond donors (Lipinski definition) is 1. The zero-order valence-corrected chi connectivity index (χ0v) is 12.0. The Kier molecular flexibility index (Phi) is 4.25. The van der Waals surface area contributed by atoms with Crippen molar-refractivity contribution in [1.29, 1.82) is 0 Å². The van der Waals surface area contributed by atoms with Gasteiger partial charge in [0.05, 0.1) is 10.9 Å². The second kappa shape index (κ2) is 5.52. The van der Waals surface area contributed by atoms with Crippen molar-refractivity contribution in [2.24, 2.45) is 5.92 Å². The summed E-state index contributed by atoms with van der Waals surface area (Å²) in [6.45, 7) is 0.471. The molecular weight excluding hydrogens is 355 g/mol. The third kappa shape index (κ3) is 3.55. The average molecular weight is 368 g/mol. The van der Waals surface area contributed by atoms with Crippen LogP contribution < -0.4 is 5.32 Å². The predicted molar refractivity (Wildman–Crippen MR) is 73.8 cm³/mol. The van der Waals surface area contributed by atoms with Gasteiger partial charge in [0.15, 0.2) is 0 Å². The van der Waals surface area contributed by atoms with Crippen molar-refractivity contribution < 1.29 is 9.18 Å². The standard InChI is InChI=1S/C12H12ClFINO/c13-10(7-1-2-7)6-16-12(17)9-4-3-8(14)5-11(9)15/h3-5,7,10H,1-2,6H2,(H,16,17). The van der Waals surface area contributed by atoms with Crippen LogP contribution in [0.25, 0.3) is 0 Å². The number of alkyl halides is 1. The summed E-state index contributed by atoms with van der Waals surface area (Å²) in [5.74, 6) is 0.0177. The summed E-state index contributed by atoms with van der Waals surface area (Å²) in [5.41, 5.74) is 0.492. The molecule has 0 spiro atoms. The van der Waals surface area contributed by atoms with Crippen molar-refractivity contribution in [3.05, 3.63) is 33.1 Å². The van der Waals surface area contributed by atoms with Gasteiger partial charge in [-0.05, 0) is 59.5 Å². The van der Waals surface area contributed by atoms with Crippen molar-refractivity contribution in [2.75, 3.05) is 6.54 Å². The van der Waals surface area contributed by atoms with Gasteiger partial charge in [-0.1, -0.05) is 0 Å². The fourth-order valence-corrected chi connectivity index (χ4v) is 2.63. The number of nitrogens with one attached hydrogen (secondary N) is 1. The highest BCUT2D eigenvalue weighted by Gasteiger charge is 2.29. The van der Waals surface area contributed by atoms with Crippen LogP contribution in [0.1, 0.15) is 23.2 Å². The lowest BCUT2D eigenvalue weighted by molar-refractivity contribution is 0.0952. The summed E-state index contributed by atoms with van der Waals surface area (Å²) in [5, 5.41) is 2.79. The molecule has 1 N–H and O–H groups in total. The van der Waals surface area contributed by atoms with E-state index in [1.807, 2.05) is 22.6 Å². The largest absolute Gasteiger partial charge is 0.351 e. The van der Waals surface area contributed by atoms with Crippen LogP contribution >= 0.6 is 34.2 Å². The minimum atomic E-state index is -0.334. The van der Waals surface area contributed by atoms with E-state index in [0.29, 0.717) is 21.6 Å². The first-order chi connectivity index (χ1) is 8.08. The maximum atomic E-state index is 12.9. The molecule has 2 rings (SSSR count). The van der Waals surface area contributed by atoms with Gasteiger partial charge in [0.25, 0.3) is 5.91 Å². The first-order valence-electron chi connectivity index (χ1n) is 5.45. The maximum Gasteiger partial charge on any atom is 0.252 e. The molecule has 0 aliphatic heterocycles. The minimum Gasteiger partial charge on any atom is -0.351 e. The molecule has 1 aliphatic carbocycles. The van der Waals surface area contributed by atoms with Crippen molar-refractivity contribution in [3.8, 4) is 0 Å². The molecular formula is C12H12ClFINO. The Hall–Kier alpha value is -0.360. The SMILES string of the molecule is O=C(NCC(Cl)C1CC1)c1ccc(F)cc1I. The number of amides is 1. The van der Waals surface area contributed by atoms with E-state index in [1.165, 1.54) is 18.2 Å². The average Bonchev–Trinajstić information content (AvgIpc) is 3.09. The molecule has 1 aromatic rings. The van der Waals surface area contributed by atoms with Crippen molar-refractivity contribution in [1.82, 2.24) is 5.32 Å². The molecule has 1 amide bonds. The summed E-state index contributed by atoms with van der Waals surface area (Å²) in [4.78, 5) is 11.8. The van der Waals surface area contributed by atoms with E-state index in [1.54, 1.807) is 0 Å². The highest BCUT2D eigenvalue weighted by Crippen LogP contribution is 2.35. The zero-order chi connectivity index (χ0) is 12.4. The predicted octanol–water partition coefficient (Wildman–Crippen LogP) is 3.18. The lowest BCUT2D eigenvalue weighted by Crippen LogP contribution is -2.31. The van der Waals surface area contributed by atoms with Crippen LogP contribution in [0.4, 0.5) is 4.39 Å². The van der Waals surface area contributed by atoms with Crippen LogP contribution in [0.2, 0.25) is 0 Å². The molecule has 1 aromatic carbocycles. The fourth-order valence-electron chi connectivity index (χ4n) is 1.58. The van der Waals surface area contributed by atoms with Gasteiger partial charge in [-0.3, -0.25) is 4.79 Å². The van der Waals surface area contributed by atoms with E-state index in [-0.39, 0.29) is 17.1 Å². The summed E-state index contributed by atoms with van der Waals surface area (Å²) >= 11 is 8.05. The van der Waals surface area contributed by atoms with E-state index in [0.717, 1.165) is 12.8 Å². The van der Waals surface area contributed by atoms with Crippen LogP contribution in [-0.4, -0.2) is 17.8 Å². The highest BCUT2D eigenvalue weighted by atomic mass is 127.